The Morgan fingerprint density at radius 3 is 2.38 bits per heavy atom. The molecule has 6 unspecified atom stereocenters. The van der Waals surface area contributed by atoms with Crippen LogP contribution < -0.4 is 8.85 Å². The molecule has 3 rings (SSSR count). The number of hydrogen-bond acceptors (Lipinski definition) is 17. The Labute approximate surface area is 324 Å². The molecule has 2 aromatic rings. The van der Waals surface area contributed by atoms with E-state index in [1.807, 2.05) is 43.6 Å². The Morgan fingerprint density at radius 1 is 1.06 bits per heavy atom. The maximum Gasteiger partial charge on any atom is 0.472 e. The van der Waals surface area contributed by atoms with E-state index in [1.165, 1.54) is 31.1 Å². The minimum Gasteiger partial charge on any atom is -0.456 e. The zero-order valence-corrected chi connectivity index (χ0v) is 34.8. The predicted octanol–water partition coefficient (Wildman–Crippen LogP) is 3.82. The third-order valence-electron chi connectivity index (χ3n) is 7.28. The van der Waals surface area contributed by atoms with Crippen molar-refractivity contribution in [3.8, 4) is 0 Å². The van der Waals surface area contributed by atoms with Crippen LogP contribution in [0.15, 0.2) is 12.7 Å². The summed E-state index contributed by atoms with van der Waals surface area (Å²) in [6.07, 6.45) is -1.65. The van der Waals surface area contributed by atoms with E-state index < -0.39 is 56.3 Å². The van der Waals surface area contributed by atoms with Gasteiger partial charge in [0.2, 0.25) is 5.91 Å². The van der Waals surface area contributed by atoms with Gasteiger partial charge in [-0.2, -0.15) is 0 Å². The second-order valence-electron chi connectivity index (χ2n) is 13.7. The van der Waals surface area contributed by atoms with E-state index in [1.54, 1.807) is 35.4 Å². The van der Waals surface area contributed by atoms with Crippen LogP contribution >= 0.6 is 52.3 Å². The van der Waals surface area contributed by atoms with Crippen LogP contribution in [0.4, 0.5) is 5.82 Å². The second-order valence-corrected chi connectivity index (χ2v) is 18.6. The zero-order valence-electron chi connectivity index (χ0n) is 30.1. The molecule has 1 amide bonds. The van der Waals surface area contributed by atoms with Crippen LogP contribution in [0.1, 0.15) is 61.1 Å². The summed E-state index contributed by atoms with van der Waals surface area (Å²) in [5.74, 6) is -0.407. The quantitative estimate of drug-likeness (QED) is 0.0329. The number of aromatic nitrogens is 4. The first-order valence-corrected chi connectivity index (χ1v) is 21.2. The lowest BCUT2D eigenvalue weighted by Crippen LogP contribution is -2.40. The van der Waals surface area contributed by atoms with Crippen LogP contribution in [0, 0.1) is 10.8 Å². The monoisotopic (exact) mass is 906 g/mol. The van der Waals surface area contributed by atoms with Crippen molar-refractivity contribution in [2.24, 2.45) is 10.8 Å². The first-order chi connectivity index (χ1) is 24.4. The zero-order chi connectivity index (χ0) is 38.7. The van der Waals surface area contributed by atoms with Crippen molar-refractivity contribution in [2.75, 3.05) is 48.9 Å². The maximum atomic E-state index is 13.0. The number of carbonyl (C=O) groups is 3. The molecular formula is C30H48IN6O12PS2. The summed E-state index contributed by atoms with van der Waals surface area (Å²) in [4.78, 5) is 59.8. The van der Waals surface area contributed by atoms with Crippen molar-refractivity contribution in [2.45, 2.75) is 84.7 Å². The predicted molar refractivity (Wildman–Crippen MR) is 202 cm³/mol. The number of halogens is 1. The lowest BCUT2D eigenvalue weighted by atomic mass is 9.93. The number of phosphoric acid groups is 1. The molecular weight excluding hydrogens is 858 g/mol. The fourth-order valence-corrected chi connectivity index (χ4v) is 8.13. The third kappa shape index (κ3) is 14.1. The number of rotatable bonds is 22. The molecule has 6 atom stereocenters. The number of nitrogens with zero attached hydrogens (tertiary/aromatic N) is 4. The number of aliphatic hydroxyl groups excluding tert-OH is 1. The normalized spacial score (nSPS) is 21.0. The van der Waals surface area contributed by atoms with Crippen molar-refractivity contribution in [3.05, 3.63) is 12.7 Å². The smallest absolute Gasteiger partial charge is 0.456 e. The molecule has 0 aromatic carbocycles. The van der Waals surface area contributed by atoms with Crippen molar-refractivity contribution in [1.82, 2.24) is 24.8 Å². The number of amides is 1. The fourth-order valence-electron chi connectivity index (χ4n) is 4.74. The fraction of sp³-hybridized carbons (Fsp3) is 0.733. The summed E-state index contributed by atoms with van der Waals surface area (Å²) in [5.41, 5.74) is -0.385. The molecule has 0 radical (unpaired) electrons. The van der Waals surface area contributed by atoms with Crippen LogP contribution in [-0.2, 0) is 46.9 Å². The van der Waals surface area contributed by atoms with E-state index in [-0.39, 0.29) is 36.4 Å². The molecule has 52 heavy (non-hydrogen) atoms. The van der Waals surface area contributed by atoms with E-state index in [2.05, 4.69) is 23.8 Å². The van der Waals surface area contributed by atoms with Gasteiger partial charge in [0.25, 0.3) is 0 Å². The van der Waals surface area contributed by atoms with Crippen LogP contribution in [0.2, 0.25) is 0 Å². The van der Waals surface area contributed by atoms with E-state index in [9.17, 15) is 23.8 Å². The van der Waals surface area contributed by atoms with Gasteiger partial charge in [0.1, 0.15) is 12.4 Å². The van der Waals surface area contributed by atoms with E-state index in [4.69, 9.17) is 33.1 Å². The third-order valence-corrected chi connectivity index (χ3v) is 11.6. The van der Waals surface area contributed by atoms with Crippen LogP contribution in [0.25, 0.3) is 11.2 Å². The van der Waals surface area contributed by atoms with Crippen molar-refractivity contribution < 1.29 is 56.9 Å². The Bertz CT molecular complexity index is 1560. The number of hydrogen-bond donors (Lipinski definition) is 4. The lowest BCUT2D eigenvalue weighted by molar-refractivity contribution is -0.165. The molecule has 0 spiro atoms. The number of aliphatic hydroxyl groups is 1. The maximum absolute atomic E-state index is 13.0. The summed E-state index contributed by atoms with van der Waals surface area (Å²) >= 11 is 1.90. The van der Waals surface area contributed by atoms with E-state index in [0.717, 1.165) is 0 Å². The minimum atomic E-state index is -4.68. The summed E-state index contributed by atoms with van der Waals surface area (Å²) in [6.45, 7) is 11.9. The molecule has 18 nitrogen and oxygen atoms in total. The number of ether oxygens (including phenoxy) is 4. The largest absolute Gasteiger partial charge is 0.472 e. The first kappa shape index (κ1) is 44.6. The molecule has 1 aliphatic heterocycles. The molecule has 1 saturated heterocycles. The number of nitrogens with one attached hydrogen (secondary N) is 2. The number of carbonyl (C=O) groups excluding carboxylic acids is 3. The Balaban J connectivity index is 1.55. The van der Waals surface area contributed by atoms with Gasteiger partial charge in [-0.3, -0.25) is 28.0 Å². The SMILES string of the molecule is CC(=O)OC1C(COP(=O)(O)OCC(C)(C)COCC(C)(C)CNC(=O)CCSSC(C)CO)OC(n2cnc3c(NI)ncnc32)C1OC(C)=O. The van der Waals surface area contributed by atoms with Crippen molar-refractivity contribution in [3.63, 3.8) is 0 Å². The highest BCUT2D eigenvalue weighted by atomic mass is 127. The van der Waals surface area contributed by atoms with Gasteiger partial charge >= 0.3 is 19.8 Å². The molecule has 0 aliphatic carbocycles. The molecule has 2 aromatic heterocycles. The second kappa shape index (κ2) is 20.2. The molecule has 1 aliphatic rings. The van der Waals surface area contributed by atoms with Gasteiger partial charge in [-0.1, -0.05) is 56.2 Å². The number of phosphoric ester groups is 1. The highest BCUT2D eigenvalue weighted by molar-refractivity contribution is 14.1. The van der Waals surface area contributed by atoms with E-state index in [0.29, 0.717) is 42.3 Å². The number of imidazole rings is 1. The van der Waals surface area contributed by atoms with Crippen LogP contribution in [0.3, 0.4) is 0 Å². The summed E-state index contributed by atoms with van der Waals surface area (Å²) in [6, 6.07) is 0. The number of esters is 2. The first-order valence-electron chi connectivity index (χ1n) is 16.3. The van der Waals surface area contributed by atoms with Gasteiger partial charge in [0.05, 0.1) is 62.2 Å². The van der Waals surface area contributed by atoms with Gasteiger partial charge in [0, 0.05) is 48.6 Å². The summed E-state index contributed by atoms with van der Waals surface area (Å²) in [7, 11) is -1.59. The van der Waals surface area contributed by atoms with Crippen molar-refractivity contribution in [1.29, 1.82) is 0 Å². The van der Waals surface area contributed by atoms with Crippen LogP contribution in [-0.4, -0.2) is 116 Å². The van der Waals surface area contributed by atoms with E-state index >= 15 is 0 Å². The van der Waals surface area contributed by atoms with Gasteiger partial charge in [-0.25, -0.2) is 19.5 Å². The number of fused-ring (bicyclic) bond motifs is 1. The average Bonchev–Trinajstić information content (AvgIpc) is 3.64. The topological polar surface area (TPSA) is 232 Å². The minimum absolute atomic E-state index is 0.0718. The molecule has 294 valence electrons. The number of anilines is 1. The molecule has 3 heterocycles. The highest BCUT2D eigenvalue weighted by Crippen LogP contribution is 2.46. The highest BCUT2D eigenvalue weighted by Gasteiger charge is 2.51. The Morgan fingerprint density at radius 2 is 1.73 bits per heavy atom. The van der Waals surface area contributed by atoms with Crippen molar-refractivity contribution >= 4 is 87.1 Å². The molecule has 0 bridgehead atoms. The van der Waals surface area contributed by atoms with Crippen LogP contribution in [0.5, 0.6) is 0 Å². The Kier molecular flexibility index (Phi) is 17.3. The molecule has 1 fully saturated rings. The molecule has 22 heteroatoms. The standard InChI is InChI=1S/C30H48IN6O12PS2/c1-18(10-38)52-51-9-8-22(41)32-12-29(4,5)13-44-14-30(6,7)15-46-50(42,43)45-11-21-24(47-19(2)39)25(48-20(3)40)28(49-21)37-17-35-23-26(36-31)33-16-34-27(23)37/h16-18,21,24-25,28,38H,8-15H2,1-7H3,(H,32,41)(H,42,43)(H,33,34,36). The summed E-state index contributed by atoms with van der Waals surface area (Å²) in [5, 5.41) is 12.1. The molecule has 4 N–H and O–H groups in total. The summed E-state index contributed by atoms with van der Waals surface area (Å²) < 4.78 is 51.1. The Hall–Kier alpha value is -1.82. The van der Waals surface area contributed by atoms with Gasteiger partial charge < -0.3 is 37.8 Å². The van der Waals surface area contributed by atoms with Gasteiger partial charge in [-0.15, -0.1) is 0 Å². The van der Waals surface area contributed by atoms with Gasteiger partial charge in [0.15, 0.2) is 35.4 Å². The average molecular weight is 907 g/mol. The lowest BCUT2D eigenvalue weighted by Gasteiger charge is -2.29. The molecule has 0 saturated carbocycles. The van der Waals surface area contributed by atoms with Gasteiger partial charge in [-0.05, 0) is 0 Å².